The van der Waals surface area contributed by atoms with E-state index in [4.69, 9.17) is 23.7 Å². The van der Waals surface area contributed by atoms with Gasteiger partial charge in [0.2, 0.25) is 0 Å². The SMILES string of the molecule is CC(=O)OC1C(=O)C2(C)C(O)CC3OCC3(OC(C)=O)C2C(OC(=O)c2ccccc2)C2CC(OC(=O)C(O)C(NC(=O)c3ccccc3)c3ccccc3)C(C)=C1C2(C)C. The average Bonchev–Trinajstić information content (AvgIpc) is 3.23. The van der Waals surface area contributed by atoms with Gasteiger partial charge in [0.25, 0.3) is 5.91 Å². The molecule has 3 fully saturated rings. The molecule has 3 N–H and O–H groups in total. The Bertz CT molecular complexity index is 2230. The number of hydrogen-bond donors (Lipinski definition) is 3. The van der Waals surface area contributed by atoms with Gasteiger partial charge in [0.05, 0.1) is 35.6 Å². The van der Waals surface area contributed by atoms with E-state index in [9.17, 15) is 34.2 Å². The molecule has 2 bridgehead atoms. The predicted molar refractivity (Wildman–Crippen MR) is 216 cm³/mol. The first-order chi connectivity index (χ1) is 28.9. The van der Waals surface area contributed by atoms with Crippen molar-refractivity contribution in [2.75, 3.05) is 6.61 Å². The van der Waals surface area contributed by atoms with Crippen LogP contribution in [0.15, 0.2) is 102 Å². The minimum Gasteiger partial charge on any atom is -0.458 e. The minimum atomic E-state index is -1.94. The molecule has 7 rings (SSSR count). The van der Waals surface area contributed by atoms with Crippen LogP contribution in [-0.4, -0.2) is 94.6 Å². The van der Waals surface area contributed by atoms with Gasteiger partial charge in [-0.05, 0) is 66.7 Å². The molecule has 1 heterocycles. The predicted octanol–water partition coefficient (Wildman–Crippen LogP) is 4.62. The highest BCUT2D eigenvalue weighted by molar-refractivity contribution is 5.96. The fourth-order valence-corrected chi connectivity index (χ4v) is 10.3. The van der Waals surface area contributed by atoms with Gasteiger partial charge in [-0.1, -0.05) is 80.6 Å². The highest BCUT2D eigenvalue weighted by atomic mass is 16.6. The standard InChI is InChI=1S/C47H51NO13/c1-25-32(59-44(56)37(52)36(28-16-10-7-11-17-28)48-42(54)29-18-12-8-13-19-29)22-31-38(60-43(55)30-20-14-9-15-21-30)40-46(6,33(51)23-34-47(40,24-57-34)61-27(3)50)41(53)39(58-26(2)49)35(25)45(31,4)5/h7-21,31-34,36-40,51-52H,22-24H2,1-6H3,(H,48,54). The largest absolute Gasteiger partial charge is 0.458 e. The zero-order chi connectivity index (χ0) is 44.0. The molecule has 3 aromatic carbocycles. The second-order valence-corrected chi connectivity index (χ2v) is 17.2. The van der Waals surface area contributed by atoms with Crippen LogP contribution in [0.3, 0.4) is 0 Å². The molecule has 11 atom stereocenters. The maximum atomic E-state index is 15.5. The molecule has 4 aliphatic rings. The van der Waals surface area contributed by atoms with Crippen molar-refractivity contribution in [1.82, 2.24) is 5.32 Å². The van der Waals surface area contributed by atoms with E-state index < -0.39 is 107 Å². The van der Waals surface area contributed by atoms with Crippen LogP contribution in [0.1, 0.15) is 86.7 Å². The molecule has 11 unspecified atom stereocenters. The van der Waals surface area contributed by atoms with E-state index in [1.165, 1.54) is 13.8 Å². The highest BCUT2D eigenvalue weighted by Gasteiger charge is 2.75. The molecular weight excluding hydrogens is 787 g/mol. The molecule has 0 aromatic heterocycles. The molecule has 2 saturated carbocycles. The van der Waals surface area contributed by atoms with E-state index in [1.807, 2.05) is 0 Å². The first-order valence-electron chi connectivity index (χ1n) is 20.4. The van der Waals surface area contributed by atoms with Crippen LogP contribution >= 0.6 is 0 Å². The lowest BCUT2D eigenvalue weighted by Gasteiger charge is -2.66. The van der Waals surface area contributed by atoms with Crippen molar-refractivity contribution in [3.63, 3.8) is 0 Å². The van der Waals surface area contributed by atoms with E-state index in [0.717, 1.165) is 6.92 Å². The zero-order valence-electron chi connectivity index (χ0n) is 34.9. The summed E-state index contributed by atoms with van der Waals surface area (Å²) in [5, 5.41) is 26.6. The topological polar surface area (TPSA) is 201 Å². The number of nitrogens with one attached hydrogen (secondary N) is 1. The third-order valence-electron chi connectivity index (χ3n) is 13.3. The number of benzene rings is 3. The zero-order valence-corrected chi connectivity index (χ0v) is 34.9. The molecule has 1 saturated heterocycles. The molecule has 3 aliphatic carbocycles. The molecule has 1 amide bonds. The van der Waals surface area contributed by atoms with Crippen molar-refractivity contribution < 1.29 is 62.7 Å². The summed E-state index contributed by atoms with van der Waals surface area (Å²) in [6.45, 7) is 8.91. The fourth-order valence-electron chi connectivity index (χ4n) is 10.3. The molecule has 61 heavy (non-hydrogen) atoms. The number of carbonyl (C=O) groups excluding carboxylic acids is 6. The van der Waals surface area contributed by atoms with Crippen molar-refractivity contribution >= 4 is 35.6 Å². The Kier molecular flexibility index (Phi) is 11.8. The number of aliphatic hydroxyl groups excluding tert-OH is 2. The van der Waals surface area contributed by atoms with Gasteiger partial charge in [-0.25, -0.2) is 9.59 Å². The molecule has 0 radical (unpaired) electrons. The molecular formula is C47H51NO13. The summed E-state index contributed by atoms with van der Waals surface area (Å²) in [6.07, 6.45) is -8.64. The third-order valence-corrected chi connectivity index (χ3v) is 13.3. The number of aliphatic hydroxyl groups is 2. The van der Waals surface area contributed by atoms with E-state index in [2.05, 4.69) is 5.32 Å². The van der Waals surface area contributed by atoms with Crippen LogP contribution < -0.4 is 5.32 Å². The van der Waals surface area contributed by atoms with Gasteiger partial charge in [0.1, 0.15) is 18.3 Å². The maximum absolute atomic E-state index is 15.5. The lowest BCUT2D eigenvalue weighted by atomic mass is 9.46. The van der Waals surface area contributed by atoms with Crippen LogP contribution in [0, 0.1) is 22.7 Å². The van der Waals surface area contributed by atoms with E-state index in [1.54, 1.807) is 112 Å². The summed E-state index contributed by atoms with van der Waals surface area (Å²) in [4.78, 5) is 83.3. The Morgan fingerprint density at radius 2 is 1.39 bits per heavy atom. The number of rotatable bonds is 10. The van der Waals surface area contributed by atoms with E-state index >= 15 is 4.79 Å². The van der Waals surface area contributed by atoms with Gasteiger partial charge < -0.3 is 39.2 Å². The first kappa shape index (κ1) is 43.4. The van der Waals surface area contributed by atoms with Gasteiger partial charge in [-0.3, -0.25) is 19.2 Å². The Morgan fingerprint density at radius 3 is 1.95 bits per heavy atom. The molecule has 14 heteroatoms. The van der Waals surface area contributed by atoms with Crippen molar-refractivity contribution in [2.45, 2.75) is 103 Å². The summed E-state index contributed by atoms with van der Waals surface area (Å²) < 4.78 is 30.7. The molecule has 3 aromatic rings. The number of esters is 4. The van der Waals surface area contributed by atoms with Crippen LogP contribution in [0.25, 0.3) is 0 Å². The number of carbonyl (C=O) groups is 6. The maximum Gasteiger partial charge on any atom is 0.338 e. The molecule has 1 aliphatic heterocycles. The van der Waals surface area contributed by atoms with Gasteiger partial charge in [-0.15, -0.1) is 0 Å². The number of ether oxygens (including phenoxy) is 5. The summed E-state index contributed by atoms with van der Waals surface area (Å²) in [7, 11) is 0. The summed E-state index contributed by atoms with van der Waals surface area (Å²) in [5.74, 6) is -6.83. The Morgan fingerprint density at radius 1 is 0.803 bits per heavy atom. The highest BCUT2D eigenvalue weighted by Crippen LogP contribution is 2.63. The summed E-state index contributed by atoms with van der Waals surface area (Å²) in [6, 6.07) is 23.6. The first-order valence-corrected chi connectivity index (χ1v) is 20.4. The summed E-state index contributed by atoms with van der Waals surface area (Å²) >= 11 is 0. The van der Waals surface area contributed by atoms with Gasteiger partial charge in [0, 0.05) is 31.7 Å². The number of fused-ring (bicyclic) bond motifs is 5. The minimum absolute atomic E-state index is 0.0642. The molecule has 14 nitrogen and oxygen atoms in total. The van der Waals surface area contributed by atoms with Gasteiger partial charge in [0.15, 0.2) is 23.6 Å². The average molecular weight is 838 g/mol. The monoisotopic (exact) mass is 837 g/mol. The van der Waals surface area contributed by atoms with E-state index in [0.29, 0.717) is 16.7 Å². The van der Waals surface area contributed by atoms with Crippen molar-refractivity contribution in [1.29, 1.82) is 0 Å². The smallest absolute Gasteiger partial charge is 0.338 e. The second kappa shape index (κ2) is 16.6. The van der Waals surface area contributed by atoms with Crippen LogP contribution in [0.4, 0.5) is 0 Å². The number of Topliss-reactive ketones (excluding diaryl/α,β-unsaturated/α-hetero) is 1. The number of ketones is 1. The fraction of sp³-hybridized carbons (Fsp3) is 0.447. The quantitative estimate of drug-likeness (QED) is 0.145. The summed E-state index contributed by atoms with van der Waals surface area (Å²) in [5.41, 5.74) is -3.12. The van der Waals surface area contributed by atoms with Crippen molar-refractivity contribution in [3.8, 4) is 0 Å². The third kappa shape index (κ3) is 7.65. The van der Waals surface area contributed by atoms with Crippen LogP contribution in [-0.2, 0) is 42.9 Å². The number of amides is 1. The number of hydrogen-bond acceptors (Lipinski definition) is 13. The lowest BCUT2D eigenvalue weighted by molar-refractivity contribution is -0.335. The van der Waals surface area contributed by atoms with Gasteiger partial charge in [-0.2, -0.15) is 0 Å². The lowest BCUT2D eigenvalue weighted by Crippen LogP contribution is -2.79. The second-order valence-electron chi connectivity index (χ2n) is 17.2. The molecule has 0 spiro atoms. The molecule has 322 valence electrons. The van der Waals surface area contributed by atoms with Crippen molar-refractivity contribution in [3.05, 3.63) is 119 Å². The van der Waals surface area contributed by atoms with Crippen molar-refractivity contribution in [2.24, 2.45) is 22.7 Å². The Hall–Kier alpha value is -5.70. The Balaban J connectivity index is 1.36. The van der Waals surface area contributed by atoms with Gasteiger partial charge >= 0.3 is 23.9 Å². The Labute approximate surface area is 353 Å². The van der Waals surface area contributed by atoms with Crippen LogP contribution in [0.5, 0.6) is 0 Å². The van der Waals surface area contributed by atoms with E-state index in [-0.39, 0.29) is 30.6 Å². The normalized spacial score (nSPS) is 31.0. The van der Waals surface area contributed by atoms with Crippen LogP contribution in [0.2, 0.25) is 0 Å².